The average Bonchev–Trinajstić information content (AvgIpc) is 3.20. The first kappa shape index (κ1) is 20.5. The highest BCUT2D eigenvalue weighted by atomic mass is 16.5. The first-order valence-electron chi connectivity index (χ1n) is 11.4. The first-order chi connectivity index (χ1) is 15.7. The molecule has 0 radical (unpaired) electrons. The Morgan fingerprint density at radius 1 is 1.03 bits per heavy atom. The van der Waals surface area contributed by atoms with Gasteiger partial charge in [-0.1, -0.05) is 31.2 Å². The lowest BCUT2D eigenvalue weighted by atomic mass is 10.1. The van der Waals surface area contributed by atoms with Crippen molar-refractivity contribution in [1.82, 2.24) is 14.5 Å². The standard InChI is InChI=1S/C25H28N4O3/c1-2-23-26-18-10-4-5-11-19(18)28(23)17-24(30)29-16-22(25(31)27-14-8-3-9-15-27)32-21-13-7-6-12-20(21)29/h4-7,10-13,22H,2-3,8-9,14-17H2,1H3. The largest absolute Gasteiger partial charge is 0.476 e. The minimum absolute atomic E-state index is 0.0284. The monoisotopic (exact) mass is 432 g/mol. The lowest BCUT2D eigenvalue weighted by Crippen LogP contribution is -2.53. The van der Waals surface area contributed by atoms with Crippen LogP contribution in [0.15, 0.2) is 48.5 Å². The van der Waals surface area contributed by atoms with Crippen molar-refractivity contribution < 1.29 is 14.3 Å². The number of carbonyl (C=O) groups is 2. The number of rotatable bonds is 4. The van der Waals surface area contributed by atoms with Crippen LogP contribution < -0.4 is 9.64 Å². The van der Waals surface area contributed by atoms with Crippen LogP contribution in [-0.4, -0.2) is 52.0 Å². The number of hydrogen-bond donors (Lipinski definition) is 0. The van der Waals surface area contributed by atoms with Crippen LogP contribution in [0.5, 0.6) is 5.75 Å². The Hall–Kier alpha value is -3.35. The highest BCUT2D eigenvalue weighted by Crippen LogP contribution is 2.34. The molecule has 2 aromatic carbocycles. The van der Waals surface area contributed by atoms with Crippen LogP contribution in [0.25, 0.3) is 11.0 Å². The van der Waals surface area contributed by atoms with Gasteiger partial charge < -0.3 is 19.1 Å². The maximum Gasteiger partial charge on any atom is 0.265 e. The number of benzene rings is 2. The van der Waals surface area contributed by atoms with Gasteiger partial charge in [0.1, 0.15) is 18.1 Å². The number of likely N-dealkylation sites (tertiary alicyclic amines) is 1. The molecule has 0 spiro atoms. The quantitative estimate of drug-likeness (QED) is 0.634. The van der Waals surface area contributed by atoms with E-state index in [1.807, 2.05) is 64.9 Å². The molecule has 7 nitrogen and oxygen atoms in total. The summed E-state index contributed by atoms with van der Waals surface area (Å²) >= 11 is 0. The van der Waals surface area contributed by atoms with E-state index in [-0.39, 0.29) is 24.9 Å². The molecule has 1 atom stereocenters. The molecular formula is C25H28N4O3. The number of aromatic nitrogens is 2. The molecule has 0 N–H and O–H groups in total. The molecule has 2 amide bonds. The first-order valence-corrected chi connectivity index (χ1v) is 11.4. The molecule has 2 aliphatic heterocycles. The number of nitrogens with zero attached hydrogens (tertiary/aromatic N) is 4. The van der Waals surface area contributed by atoms with Crippen LogP contribution in [0.4, 0.5) is 5.69 Å². The molecule has 1 unspecified atom stereocenters. The van der Waals surface area contributed by atoms with Crippen LogP contribution in [0, 0.1) is 0 Å². The minimum Gasteiger partial charge on any atom is -0.476 e. The van der Waals surface area contributed by atoms with Crippen molar-refractivity contribution in [3.63, 3.8) is 0 Å². The van der Waals surface area contributed by atoms with Crippen LogP contribution in [0.2, 0.25) is 0 Å². The molecule has 1 aromatic heterocycles. The summed E-state index contributed by atoms with van der Waals surface area (Å²) in [6.07, 6.45) is 3.24. The number of hydrogen-bond acceptors (Lipinski definition) is 4. The molecule has 0 aliphatic carbocycles. The van der Waals surface area contributed by atoms with Crippen molar-refractivity contribution in [2.45, 2.75) is 45.3 Å². The van der Waals surface area contributed by atoms with Crippen LogP contribution in [-0.2, 0) is 22.6 Å². The summed E-state index contributed by atoms with van der Waals surface area (Å²) in [6.45, 7) is 3.95. The van der Waals surface area contributed by atoms with Gasteiger partial charge in [-0.05, 0) is 43.5 Å². The summed E-state index contributed by atoms with van der Waals surface area (Å²) in [5.41, 5.74) is 2.54. The zero-order chi connectivity index (χ0) is 22.1. The van der Waals surface area contributed by atoms with Gasteiger partial charge in [0.05, 0.1) is 23.3 Å². The van der Waals surface area contributed by atoms with Gasteiger partial charge in [-0.15, -0.1) is 0 Å². The second-order valence-electron chi connectivity index (χ2n) is 8.42. The number of carbonyl (C=O) groups excluding carboxylic acids is 2. The number of ether oxygens (including phenoxy) is 1. The molecule has 3 heterocycles. The second-order valence-corrected chi connectivity index (χ2v) is 8.42. The van der Waals surface area contributed by atoms with E-state index in [0.29, 0.717) is 11.4 Å². The molecule has 7 heteroatoms. The summed E-state index contributed by atoms with van der Waals surface area (Å²) in [5.74, 6) is 1.35. The van der Waals surface area contributed by atoms with E-state index in [9.17, 15) is 9.59 Å². The Morgan fingerprint density at radius 2 is 1.78 bits per heavy atom. The average molecular weight is 433 g/mol. The summed E-state index contributed by atoms with van der Waals surface area (Å²) in [4.78, 5) is 35.0. The zero-order valence-corrected chi connectivity index (χ0v) is 18.4. The van der Waals surface area contributed by atoms with Gasteiger partial charge in [-0.2, -0.15) is 0 Å². The van der Waals surface area contributed by atoms with E-state index in [1.54, 1.807) is 4.90 Å². The number of fused-ring (bicyclic) bond motifs is 2. The zero-order valence-electron chi connectivity index (χ0n) is 18.4. The second kappa shape index (κ2) is 8.65. The van der Waals surface area contributed by atoms with Crippen molar-refractivity contribution in [2.75, 3.05) is 24.5 Å². The molecule has 3 aromatic rings. The highest BCUT2D eigenvalue weighted by Gasteiger charge is 2.36. The van der Waals surface area contributed by atoms with Crippen molar-refractivity contribution >= 4 is 28.5 Å². The predicted octanol–water partition coefficient (Wildman–Crippen LogP) is 3.41. The molecule has 5 rings (SSSR count). The number of amides is 2. The number of para-hydroxylation sites is 4. The van der Waals surface area contributed by atoms with Crippen molar-refractivity contribution in [3.8, 4) is 5.75 Å². The summed E-state index contributed by atoms with van der Waals surface area (Å²) in [5, 5.41) is 0. The van der Waals surface area contributed by atoms with E-state index >= 15 is 0 Å². The lowest BCUT2D eigenvalue weighted by Gasteiger charge is -2.37. The molecule has 2 aliphatic rings. The van der Waals surface area contributed by atoms with Gasteiger partial charge in [-0.3, -0.25) is 9.59 Å². The predicted molar refractivity (Wildman–Crippen MR) is 123 cm³/mol. The maximum absolute atomic E-state index is 13.6. The summed E-state index contributed by atoms with van der Waals surface area (Å²) in [6, 6.07) is 15.3. The Morgan fingerprint density at radius 3 is 2.59 bits per heavy atom. The van der Waals surface area contributed by atoms with E-state index in [1.165, 1.54) is 0 Å². The van der Waals surface area contributed by atoms with Gasteiger partial charge in [0.15, 0.2) is 6.10 Å². The van der Waals surface area contributed by atoms with Crippen LogP contribution >= 0.6 is 0 Å². The molecule has 166 valence electrons. The molecule has 32 heavy (non-hydrogen) atoms. The number of piperidine rings is 1. The Balaban J connectivity index is 1.44. The van der Waals surface area contributed by atoms with Crippen LogP contribution in [0.3, 0.4) is 0 Å². The highest BCUT2D eigenvalue weighted by molar-refractivity contribution is 5.97. The smallest absolute Gasteiger partial charge is 0.265 e. The number of imidazole rings is 1. The van der Waals surface area contributed by atoms with E-state index < -0.39 is 6.10 Å². The van der Waals surface area contributed by atoms with E-state index in [0.717, 1.165) is 55.6 Å². The van der Waals surface area contributed by atoms with Gasteiger partial charge in [0, 0.05) is 19.5 Å². The summed E-state index contributed by atoms with van der Waals surface area (Å²) < 4.78 is 8.06. The van der Waals surface area contributed by atoms with Crippen LogP contribution in [0.1, 0.15) is 32.0 Å². The fourth-order valence-corrected chi connectivity index (χ4v) is 4.71. The Bertz CT molecular complexity index is 1150. The lowest BCUT2D eigenvalue weighted by molar-refractivity contribution is -0.139. The third kappa shape index (κ3) is 3.72. The van der Waals surface area contributed by atoms with Gasteiger partial charge in [-0.25, -0.2) is 4.98 Å². The minimum atomic E-state index is -0.683. The molecule has 0 bridgehead atoms. The normalized spacial score (nSPS) is 18.3. The van der Waals surface area contributed by atoms with Crippen molar-refractivity contribution in [3.05, 3.63) is 54.4 Å². The SMILES string of the molecule is CCc1nc2ccccc2n1CC(=O)N1CC(C(=O)N2CCCCC2)Oc2ccccc21. The number of anilines is 1. The molecular weight excluding hydrogens is 404 g/mol. The van der Waals surface area contributed by atoms with E-state index in [2.05, 4.69) is 4.98 Å². The third-order valence-electron chi connectivity index (χ3n) is 6.36. The molecule has 1 saturated heterocycles. The Kier molecular flexibility index (Phi) is 5.55. The summed E-state index contributed by atoms with van der Waals surface area (Å²) in [7, 11) is 0. The third-order valence-corrected chi connectivity index (χ3v) is 6.36. The van der Waals surface area contributed by atoms with Crippen molar-refractivity contribution in [2.24, 2.45) is 0 Å². The fourth-order valence-electron chi connectivity index (χ4n) is 4.71. The Labute approximate surface area is 187 Å². The van der Waals surface area contributed by atoms with Crippen molar-refractivity contribution in [1.29, 1.82) is 0 Å². The topological polar surface area (TPSA) is 67.7 Å². The maximum atomic E-state index is 13.6. The van der Waals surface area contributed by atoms with Gasteiger partial charge in [0.25, 0.3) is 5.91 Å². The fraction of sp³-hybridized carbons (Fsp3) is 0.400. The van der Waals surface area contributed by atoms with Gasteiger partial charge >= 0.3 is 0 Å². The number of aryl methyl sites for hydroxylation is 1. The molecule has 0 saturated carbocycles. The molecule has 1 fully saturated rings. The van der Waals surface area contributed by atoms with Gasteiger partial charge in [0.2, 0.25) is 5.91 Å². The van der Waals surface area contributed by atoms with E-state index in [4.69, 9.17) is 4.74 Å².